The Morgan fingerprint density at radius 1 is 0.886 bits per heavy atom. The van der Waals surface area contributed by atoms with Gasteiger partial charge in [-0.2, -0.15) is 5.10 Å². The van der Waals surface area contributed by atoms with Crippen LogP contribution in [0.4, 0.5) is 0 Å². The predicted molar refractivity (Wildman–Crippen MR) is 138 cm³/mol. The van der Waals surface area contributed by atoms with Crippen molar-refractivity contribution in [2.45, 2.75) is 19.4 Å². The molecule has 2 aromatic heterocycles. The summed E-state index contributed by atoms with van der Waals surface area (Å²) in [6, 6.07) is 29.0. The Hall–Kier alpha value is -4.58. The molecular weight excluding hydrogens is 436 g/mol. The molecule has 0 saturated carbocycles. The van der Waals surface area contributed by atoms with Gasteiger partial charge in [0.05, 0.1) is 22.5 Å². The first kappa shape index (κ1) is 21.0. The smallest absolute Gasteiger partial charge is 0.258 e. The van der Waals surface area contributed by atoms with Crippen LogP contribution in [0.1, 0.15) is 30.6 Å². The lowest BCUT2D eigenvalue weighted by Crippen LogP contribution is -2.25. The molecule has 3 heterocycles. The van der Waals surface area contributed by atoms with E-state index < -0.39 is 0 Å². The summed E-state index contributed by atoms with van der Waals surface area (Å²) in [7, 11) is 0. The lowest BCUT2D eigenvalue weighted by molar-refractivity contribution is -0.130. The number of nitrogens with one attached hydrogen (secondary N) is 1. The summed E-state index contributed by atoms with van der Waals surface area (Å²) in [5.41, 5.74) is 4.95. The highest BCUT2D eigenvalue weighted by Gasteiger charge is 2.35. The summed E-state index contributed by atoms with van der Waals surface area (Å²) in [4.78, 5) is 33.9. The van der Waals surface area contributed by atoms with Gasteiger partial charge in [0, 0.05) is 35.2 Å². The zero-order chi connectivity index (χ0) is 23.9. The van der Waals surface area contributed by atoms with Crippen LogP contribution < -0.4 is 5.56 Å². The van der Waals surface area contributed by atoms with Crippen LogP contribution in [0.3, 0.4) is 0 Å². The van der Waals surface area contributed by atoms with Crippen molar-refractivity contribution in [3.05, 3.63) is 113 Å². The van der Waals surface area contributed by atoms with E-state index in [0.717, 1.165) is 38.6 Å². The van der Waals surface area contributed by atoms with E-state index in [0.29, 0.717) is 17.7 Å². The summed E-state index contributed by atoms with van der Waals surface area (Å²) in [5, 5.41) is 8.10. The Bertz CT molecular complexity index is 1690. The number of pyridine rings is 2. The molecule has 6 nitrogen and oxygen atoms in total. The lowest BCUT2D eigenvalue weighted by Gasteiger charge is -2.19. The molecule has 0 radical (unpaired) electrons. The maximum Gasteiger partial charge on any atom is 0.258 e. The Morgan fingerprint density at radius 2 is 1.63 bits per heavy atom. The monoisotopic (exact) mass is 458 g/mol. The molecule has 0 bridgehead atoms. The number of aromatic amines is 1. The average Bonchev–Trinajstić information content (AvgIpc) is 3.33. The molecule has 0 spiro atoms. The topological polar surface area (TPSA) is 78.4 Å². The number of carbonyl (C=O) groups is 1. The van der Waals surface area contributed by atoms with Crippen molar-refractivity contribution in [1.29, 1.82) is 0 Å². The molecular formula is C29H22N4O2. The van der Waals surface area contributed by atoms with Crippen molar-refractivity contribution in [2.75, 3.05) is 0 Å². The van der Waals surface area contributed by atoms with E-state index in [9.17, 15) is 9.59 Å². The van der Waals surface area contributed by atoms with Crippen molar-refractivity contribution >= 4 is 33.4 Å². The third kappa shape index (κ3) is 3.60. The van der Waals surface area contributed by atoms with E-state index in [1.165, 1.54) is 11.9 Å². The van der Waals surface area contributed by atoms with Crippen LogP contribution in [0, 0.1) is 0 Å². The van der Waals surface area contributed by atoms with Crippen LogP contribution in [0.25, 0.3) is 32.9 Å². The average molecular weight is 459 g/mol. The second-order valence-corrected chi connectivity index (χ2v) is 8.67. The highest BCUT2D eigenvalue weighted by Crippen LogP contribution is 2.36. The molecule has 0 aliphatic carbocycles. The molecule has 1 amide bonds. The van der Waals surface area contributed by atoms with E-state index in [2.05, 4.69) is 10.1 Å². The minimum absolute atomic E-state index is 0.196. The van der Waals surface area contributed by atoms with Crippen molar-refractivity contribution < 1.29 is 4.79 Å². The van der Waals surface area contributed by atoms with Crippen molar-refractivity contribution in [2.24, 2.45) is 5.10 Å². The molecule has 1 N–H and O–H groups in total. The third-order valence-electron chi connectivity index (χ3n) is 6.47. The molecule has 0 fully saturated rings. The van der Waals surface area contributed by atoms with Crippen LogP contribution in [0.15, 0.2) is 101 Å². The quantitative estimate of drug-likeness (QED) is 0.391. The number of amides is 1. The number of H-pyrrole nitrogens is 1. The normalized spacial score (nSPS) is 15.5. The van der Waals surface area contributed by atoms with E-state index in [1.807, 2.05) is 91.0 Å². The minimum Gasteiger partial charge on any atom is -0.321 e. The van der Waals surface area contributed by atoms with Crippen LogP contribution in [-0.2, 0) is 4.79 Å². The summed E-state index contributed by atoms with van der Waals surface area (Å²) in [5.74, 6) is -0.196. The van der Waals surface area contributed by atoms with Gasteiger partial charge in [-0.1, -0.05) is 72.8 Å². The number of benzene rings is 3. The number of hydrogen-bond acceptors (Lipinski definition) is 4. The van der Waals surface area contributed by atoms with Crippen LogP contribution in [-0.4, -0.2) is 26.6 Å². The van der Waals surface area contributed by atoms with Gasteiger partial charge >= 0.3 is 0 Å². The molecule has 6 rings (SSSR count). The first-order valence-electron chi connectivity index (χ1n) is 11.5. The molecule has 5 aromatic rings. The van der Waals surface area contributed by atoms with E-state index in [1.54, 1.807) is 0 Å². The van der Waals surface area contributed by atoms with Gasteiger partial charge < -0.3 is 4.98 Å². The first-order chi connectivity index (χ1) is 17.1. The van der Waals surface area contributed by atoms with Gasteiger partial charge in [0.15, 0.2) is 0 Å². The summed E-state index contributed by atoms with van der Waals surface area (Å²) in [6.45, 7) is 1.49. The molecule has 170 valence electrons. The second-order valence-electron chi connectivity index (χ2n) is 8.67. The highest BCUT2D eigenvalue weighted by atomic mass is 16.2. The van der Waals surface area contributed by atoms with Gasteiger partial charge in [0.2, 0.25) is 5.91 Å². The molecule has 35 heavy (non-hydrogen) atoms. The molecule has 1 unspecified atom stereocenters. The Balaban J connectivity index is 1.53. The lowest BCUT2D eigenvalue weighted by atomic mass is 9.91. The molecule has 1 aliphatic rings. The molecule has 3 aromatic carbocycles. The summed E-state index contributed by atoms with van der Waals surface area (Å²) < 4.78 is 0. The largest absolute Gasteiger partial charge is 0.321 e. The third-order valence-corrected chi connectivity index (χ3v) is 6.47. The number of hydrazone groups is 1. The van der Waals surface area contributed by atoms with Crippen molar-refractivity contribution in [3.8, 4) is 11.1 Å². The van der Waals surface area contributed by atoms with Gasteiger partial charge in [-0.05, 0) is 23.8 Å². The Labute approximate surface area is 201 Å². The number of nitrogens with zero attached hydrogens (tertiary/aromatic N) is 3. The number of para-hydroxylation sites is 2. The summed E-state index contributed by atoms with van der Waals surface area (Å²) in [6.07, 6.45) is 0.395. The van der Waals surface area contributed by atoms with Gasteiger partial charge in [0.25, 0.3) is 5.56 Å². The number of aromatic nitrogens is 2. The summed E-state index contributed by atoms with van der Waals surface area (Å²) >= 11 is 0. The second kappa shape index (κ2) is 8.33. The van der Waals surface area contributed by atoms with E-state index in [4.69, 9.17) is 4.98 Å². The highest BCUT2D eigenvalue weighted by molar-refractivity contribution is 6.12. The maximum absolute atomic E-state index is 13.5. The molecule has 6 heteroatoms. The zero-order valence-corrected chi connectivity index (χ0v) is 19.1. The van der Waals surface area contributed by atoms with E-state index in [-0.39, 0.29) is 17.5 Å². The van der Waals surface area contributed by atoms with Crippen LogP contribution in [0.5, 0.6) is 0 Å². The predicted octanol–water partition coefficient (Wildman–Crippen LogP) is 5.44. The van der Waals surface area contributed by atoms with Crippen molar-refractivity contribution in [1.82, 2.24) is 15.0 Å². The maximum atomic E-state index is 13.5. The Kier molecular flexibility index (Phi) is 4.99. The Morgan fingerprint density at radius 3 is 2.46 bits per heavy atom. The first-order valence-corrected chi connectivity index (χ1v) is 11.5. The van der Waals surface area contributed by atoms with Crippen LogP contribution in [0.2, 0.25) is 0 Å². The number of carbonyl (C=O) groups excluding carboxylic acids is 1. The van der Waals surface area contributed by atoms with Gasteiger partial charge in [-0.15, -0.1) is 0 Å². The fraction of sp³-hybridized carbons (Fsp3) is 0.103. The number of hydrogen-bond donors (Lipinski definition) is 1. The minimum atomic E-state index is -0.387. The van der Waals surface area contributed by atoms with Crippen molar-refractivity contribution in [3.63, 3.8) is 0 Å². The fourth-order valence-corrected chi connectivity index (χ4v) is 4.87. The zero-order valence-electron chi connectivity index (χ0n) is 19.1. The molecule has 1 aliphatic heterocycles. The van der Waals surface area contributed by atoms with Gasteiger partial charge in [-0.3, -0.25) is 14.6 Å². The fourth-order valence-electron chi connectivity index (χ4n) is 4.87. The standard InChI is InChI=1S/C29H22N4O2/c1-18(34)33-26(24-16-15-19-9-5-7-13-22(19)30-24)17-25(32-33)28-27(20-10-3-2-4-11-20)21-12-6-8-14-23(21)31-29(28)35/h2-16,26H,17H2,1H3,(H,31,35). The van der Waals surface area contributed by atoms with Gasteiger partial charge in [-0.25, -0.2) is 5.01 Å². The van der Waals surface area contributed by atoms with Crippen LogP contribution >= 0.6 is 0 Å². The number of rotatable bonds is 3. The number of fused-ring (bicyclic) bond motifs is 2. The molecule has 1 atom stereocenters. The SMILES string of the molecule is CC(=O)N1N=C(c2c(-c3ccccc3)c3ccccc3[nH]c2=O)CC1c1ccc2ccccc2n1. The molecule has 0 saturated heterocycles. The van der Waals surface area contributed by atoms with E-state index >= 15 is 0 Å². The van der Waals surface area contributed by atoms with Gasteiger partial charge in [0.1, 0.15) is 6.04 Å².